The molecule has 4 nitrogen and oxygen atoms in total. The number of methoxy groups -OCH3 is 2. The first-order valence-corrected chi connectivity index (χ1v) is 30.3. The molecule has 6 unspecified atom stereocenters. The third-order valence-corrected chi connectivity index (χ3v) is 23.0. The zero-order chi connectivity index (χ0) is 54.7. The fourth-order valence-corrected chi connectivity index (χ4v) is 19.4. The fraction of sp³-hybridized carbons (Fsp3) is 0.613. The molecule has 0 saturated heterocycles. The predicted molar refractivity (Wildman–Crippen MR) is 304 cm³/mol. The average molecular weight is 1180 g/mol. The van der Waals surface area contributed by atoms with Crippen LogP contribution in [0.15, 0.2) is 72.8 Å². The van der Waals surface area contributed by atoms with E-state index in [0.717, 1.165) is 59.2 Å². The first-order valence-electron chi connectivity index (χ1n) is 27.5. The third-order valence-electron chi connectivity index (χ3n) is 16.7. The number of rotatable bonds is 12. The molecule has 8 rings (SSSR count). The summed E-state index contributed by atoms with van der Waals surface area (Å²) >= 11 is 0. The molecule has 8 atom stereocenters. The molecule has 4 aromatic carbocycles. The van der Waals surface area contributed by atoms with Crippen molar-refractivity contribution >= 4 is 37.1 Å². The van der Waals surface area contributed by atoms with Gasteiger partial charge in [-0.1, -0.05) is 102 Å². The molecule has 4 fully saturated rings. The van der Waals surface area contributed by atoms with Crippen LogP contribution in [0, 0.1) is 51.4 Å². The van der Waals surface area contributed by atoms with E-state index in [0.29, 0.717) is 35.4 Å². The molecule has 4 aromatic rings. The Morgan fingerprint density at radius 1 is 0.447 bits per heavy atom. The number of halogens is 6. The van der Waals surface area contributed by atoms with Crippen molar-refractivity contribution < 1.29 is 70.0 Å². The quantitative estimate of drug-likeness (QED) is 0.0802. The van der Waals surface area contributed by atoms with E-state index >= 15 is 0 Å². The molecule has 4 aliphatic carbocycles. The normalized spacial score (nSPS) is 22.2. The van der Waals surface area contributed by atoms with Crippen molar-refractivity contribution in [3.63, 3.8) is 0 Å². The van der Waals surface area contributed by atoms with Gasteiger partial charge >= 0.3 is 12.4 Å². The average Bonchev–Trinajstić information content (AvgIpc) is 4.21. The summed E-state index contributed by atoms with van der Waals surface area (Å²) in [5.41, 5.74) is 4.32. The second-order valence-corrected chi connectivity index (χ2v) is 27.2. The summed E-state index contributed by atoms with van der Waals surface area (Å²) in [6, 6.07) is 20.8. The number of alkyl halides is 6. The van der Waals surface area contributed by atoms with Gasteiger partial charge < -0.3 is 19.3 Å². The van der Waals surface area contributed by atoms with E-state index in [2.05, 4.69) is 104 Å². The van der Waals surface area contributed by atoms with Crippen LogP contribution in [-0.2, 0) is 46.5 Å². The predicted octanol–water partition coefficient (Wildman–Crippen LogP) is 16.2. The van der Waals surface area contributed by atoms with Gasteiger partial charge in [0.05, 0.1) is 25.3 Å². The largest absolute Gasteiger partial charge is 0.496 e. The molecule has 76 heavy (non-hydrogen) atoms. The van der Waals surface area contributed by atoms with Gasteiger partial charge in [-0.05, 0) is 238 Å². The summed E-state index contributed by atoms with van der Waals surface area (Å²) in [6.45, 7) is 17.9. The van der Waals surface area contributed by atoms with E-state index in [1.807, 2.05) is 14.1 Å². The molecule has 4 saturated carbocycles. The Kier molecular flexibility index (Phi) is 28.0. The van der Waals surface area contributed by atoms with E-state index in [9.17, 15) is 26.3 Å². The van der Waals surface area contributed by atoms with E-state index in [1.54, 1.807) is 14.2 Å². The maximum atomic E-state index is 13.1. The molecule has 0 aliphatic heterocycles. The molecule has 0 bridgehead atoms. The monoisotopic (exact) mass is 1180 g/mol. The topological polar surface area (TPSA) is 24.9 Å². The summed E-state index contributed by atoms with van der Waals surface area (Å²) in [5.74, 6) is 4.05. The van der Waals surface area contributed by atoms with Crippen LogP contribution >= 0.6 is 15.8 Å². The zero-order valence-corrected chi connectivity index (χ0v) is 52.0. The fourth-order valence-electron chi connectivity index (χ4n) is 12.3. The molecule has 428 valence electrons. The van der Waals surface area contributed by atoms with Gasteiger partial charge in [0.25, 0.3) is 0 Å². The standard InChI is InChI=1S/C28H42NO2P.C24H28F6NP.2C5H10.2Fe/c1-17-11-12-25(22(6)29(7)8)28(17)32(23-13-18(2)26(30-9)19(3)14-23)24-15-20(4)27(31-10)21(5)16-24;1-15-5-14-21(16(2)31(3)4)22(15)32(19-10-6-17(7-11-19)23(25,26)27)20-12-8-18(9-13-20)24(28,29)30;2*1-2-4-5-3-1;;/h13-17,22,25,28H,11-12H2,1-10H3;6-13,15-16,21-22H,5,14H2,1-4H3;2*1-5H2;;/t17?,22-,25?,28?;15?,16-,21?,22?;;;;/m11..../s1. The van der Waals surface area contributed by atoms with Crippen molar-refractivity contribution in [2.24, 2.45) is 23.7 Å². The Bertz CT molecular complexity index is 2150. The van der Waals surface area contributed by atoms with Gasteiger partial charge in [-0.2, -0.15) is 26.3 Å². The van der Waals surface area contributed by atoms with Gasteiger partial charge in [0.2, 0.25) is 0 Å². The minimum Gasteiger partial charge on any atom is -0.496 e. The third kappa shape index (κ3) is 17.9. The Balaban J connectivity index is 0.000000329. The zero-order valence-electron chi connectivity index (χ0n) is 48.0. The minimum atomic E-state index is -4.43. The second kappa shape index (κ2) is 31.2. The Labute approximate surface area is 478 Å². The SMILES string of the molecule is C1CCCC1.C1CCCC1.CC1CCC([C@@H](C)N(C)C)C1P(c1ccc(C(F)(F)F)cc1)c1ccc(C(F)(F)F)cc1.COc1c(C)cc(P(c2cc(C)c(OC)c(C)c2)C2C(C)CCC2[C@@H](C)N(C)C)cc1C.[Fe].[Fe]. The van der Waals surface area contributed by atoms with Gasteiger partial charge in [-0.3, -0.25) is 0 Å². The summed E-state index contributed by atoms with van der Waals surface area (Å²) in [4.78, 5) is 4.56. The number of benzene rings is 4. The van der Waals surface area contributed by atoms with Gasteiger partial charge in [-0.15, -0.1) is 0 Å². The van der Waals surface area contributed by atoms with E-state index in [1.165, 1.54) is 134 Å². The molecule has 14 heteroatoms. The Morgan fingerprint density at radius 3 is 0.921 bits per heavy atom. The van der Waals surface area contributed by atoms with Crippen LogP contribution in [0.1, 0.15) is 151 Å². The molecule has 0 spiro atoms. The van der Waals surface area contributed by atoms with Crippen molar-refractivity contribution in [3.8, 4) is 11.5 Å². The number of nitrogens with zero attached hydrogens (tertiary/aromatic N) is 2. The van der Waals surface area contributed by atoms with Crippen molar-refractivity contribution in [3.05, 3.63) is 106 Å². The number of hydrogen-bond donors (Lipinski definition) is 0. The van der Waals surface area contributed by atoms with Crippen molar-refractivity contribution in [1.82, 2.24) is 9.80 Å². The van der Waals surface area contributed by atoms with E-state index in [-0.39, 0.29) is 45.8 Å². The summed E-state index contributed by atoms with van der Waals surface area (Å²) in [5, 5.41) is 4.49. The molecule has 0 amide bonds. The minimum absolute atomic E-state index is 0. The van der Waals surface area contributed by atoms with Crippen LogP contribution in [0.25, 0.3) is 0 Å². The second-order valence-electron chi connectivity index (χ2n) is 22.4. The number of aryl methyl sites for hydroxylation is 4. The molecule has 0 N–H and O–H groups in total. The Morgan fingerprint density at radius 2 is 0.697 bits per heavy atom. The van der Waals surface area contributed by atoms with Crippen LogP contribution in [0.3, 0.4) is 0 Å². The van der Waals surface area contributed by atoms with E-state index in [4.69, 9.17) is 9.47 Å². The summed E-state index contributed by atoms with van der Waals surface area (Å²) in [6.07, 6.45) is 10.7. The van der Waals surface area contributed by atoms with Gasteiger partial charge in [0, 0.05) is 46.2 Å². The molecule has 0 heterocycles. The van der Waals surface area contributed by atoms with Crippen LogP contribution in [0.2, 0.25) is 0 Å². The van der Waals surface area contributed by atoms with Crippen LogP contribution in [-0.4, -0.2) is 75.6 Å². The first-order chi connectivity index (χ1) is 34.9. The van der Waals surface area contributed by atoms with Gasteiger partial charge in [0.1, 0.15) is 11.5 Å². The smallest absolute Gasteiger partial charge is 0.416 e. The van der Waals surface area contributed by atoms with Gasteiger partial charge in [-0.25, -0.2) is 0 Å². The van der Waals surface area contributed by atoms with Crippen LogP contribution in [0.5, 0.6) is 11.5 Å². The molecule has 0 radical (unpaired) electrons. The maximum Gasteiger partial charge on any atom is 0.416 e. The summed E-state index contributed by atoms with van der Waals surface area (Å²) in [7, 11) is 10.4. The van der Waals surface area contributed by atoms with Crippen molar-refractivity contribution in [2.45, 2.75) is 181 Å². The van der Waals surface area contributed by atoms with Crippen molar-refractivity contribution in [1.29, 1.82) is 0 Å². The number of ether oxygens (including phenoxy) is 2. The van der Waals surface area contributed by atoms with Crippen LogP contribution in [0.4, 0.5) is 26.3 Å². The first kappa shape index (κ1) is 68.2. The molecule has 0 aromatic heterocycles. The molecule has 4 aliphatic rings. The number of hydrogen-bond acceptors (Lipinski definition) is 4. The Hall–Kier alpha value is -2.12. The van der Waals surface area contributed by atoms with Crippen LogP contribution < -0.4 is 30.7 Å². The van der Waals surface area contributed by atoms with Crippen molar-refractivity contribution in [2.75, 3.05) is 42.4 Å². The van der Waals surface area contributed by atoms with E-state index < -0.39 is 39.3 Å². The molecular formula is C62H90F6Fe2N2O2P2. The van der Waals surface area contributed by atoms with Gasteiger partial charge in [0.15, 0.2) is 0 Å². The molecular weight excluding hydrogens is 1090 g/mol. The maximum absolute atomic E-state index is 13.1. The summed E-state index contributed by atoms with van der Waals surface area (Å²) < 4.78 is 90.1.